The molecule has 0 saturated carbocycles. The average Bonchev–Trinajstić information content (AvgIpc) is 2.70. The third-order valence-corrected chi connectivity index (χ3v) is 4.88. The molecule has 0 atom stereocenters. The Morgan fingerprint density at radius 1 is 0.862 bits per heavy atom. The van der Waals surface area contributed by atoms with E-state index in [4.69, 9.17) is 4.74 Å². The van der Waals surface area contributed by atoms with Gasteiger partial charge in [0, 0.05) is 23.2 Å². The van der Waals surface area contributed by atoms with E-state index in [0.29, 0.717) is 11.4 Å². The van der Waals surface area contributed by atoms with Crippen LogP contribution in [0.4, 0.5) is 11.4 Å². The minimum absolute atomic E-state index is 0.115. The Morgan fingerprint density at radius 2 is 1.59 bits per heavy atom. The van der Waals surface area contributed by atoms with Gasteiger partial charge in [-0.1, -0.05) is 36.4 Å². The van der Waals surface area contributed by atoms with Crippen LogP contribution in [0.3, 0.4) is 0 Å². The third kappa shape index (κ3) is 6.36. The first-order valence-electron chi connectivity index (χ1n) is 8.94. The second-order valence-electron chi connectivity index (χ2n) is 6.27. The molecule has 0 bridgehead atoms. The van der Waals surface area contributed by atoms with E-state index in [0.717, 1.165) is 15.7 Å². The highest BCUT2D eigenvalue weighted by Gasteiger charge is 2.09. The molecule has 148 valence electrons. The van der Waals surface area contributed by atoms with Gasteiger partial charge in [0.15, 0.2) is 6.61 Å². The standard InChI is InChI=1S/C22H20N2O4S/c1-15(25)23-18-7-4-8-19(12-18)24-21(26)13-28-22(27)14-29-20-10-9-16-5-2-3-6-17(16)11-20/h2-12H,13-14H2,1H3,(H,23,25)(H,24,26). The van der Waals surface area contributed by atoms with Crippen molar-refractivity contribution in [2.45, 2.75) is 11.8 Å². The van der Waals surface area contributed by atoms with E-state index in [1.165, 1.54) is 18.7 Å². The fourth-order valence-electron chi connectivity index (χ4n) is 2.66. The number of esters is 1. The number of thioether (sulfide) groups is 1. The summed E-state index contributed by atoms with van der Waals surface area (Å²) < 4.78 is 5.04. The number of fused-ring (bicyclic) bond motifs is 1. The molecule has 0 aliphatic rings. The predicted octanol–water partition coefficient (Wildman–Crippen LogP) is 4.07. The van der Waals surface area contributed by atoms with Gasteiger partial charge in [0.1, 0.15) is 0 Å². The van der Waals surface area contributed by atoms with Crippen molar-refractivity contribution >= 4 is 51.7 Å². The lowest BCUT2D eigenvalue weighted by Crippen LogP contribution is -2.21. The van der Waals surface area contributed by atoms with E-state index in [1.54, 1.807) is 24.3 Å². The Bertz CT molecular complexity index is 1050. The minimum atomic E-state index is -0.467. The summed E-state index contributed by atoms with van der Waals surface area (Å²) >= 11 is 1.36. The zero-order valence-corrected chi connectivity index (χ0v) is 16.6. The second-order valence-corrected chi connectivity index (χ2v) is 7.32. The molecule has 0 aliphatic heterocycles. The van der Waals surface area contributed by atoms with Gasteiger partial charge in [-0.2, -0.15) is 0 Å². The Hall–Kier alpha value is -3.32. The highest BCUT2D eigenvalue weighted by molar-refractivity contribution is 8.00. The maximum atomic E-state index is 12.0. The number of nitrogens with one attached hydrogen (secondary N) is 2. The van der Waals surface area contributed by atoms with Gasteiger partial charge >= 0.3 is 5.97 Å². The molecule has 0 fully saturated rings. The average molecular weight is 408 g/mol. The molecule has 0 saturated heterocycles. The monoisotopic (exact) mass is 408 g/mol. The number of hydrogen-bond acceptors (Lipinski definition) is 5. The number of carbonyl (C=O) groups excluding carboxylic acids is 3. The number of ether oxygens (including phenoxy) is 1. The van der Waals surface area contributed by atoms with E-state index in [1.807, 2.05) is 42.5 Å². The van der Waals surface area contributed by atoms with Gasteiger partial charge in [-0.05, 0) is 41.1 Å². The van der Waals surface area contributed by atoms with E-state index in [9.17, 15) is 14.4 Å². The molecule has 29 heavy (non-hydrogen) atoms. The molecule has 7 heteroatoms. The smallest absolute Gasteiger partial charge is 0.316 e. The number of hydrogen-bond donors (Lipinski definition) is 2. The number of rotatable bonds is 7. The van der Waals surface area contributed by atoms with E-state index in [2.05, 4.69) is 10.6 Å². The van der Waals surface area contributed by atoms with Crippen molar-refractivity contribution in [1.82, 2.24) is 0 Å². The zero-order chi connectivity index (χ0) is 20.6. The van der Waals surface area contributed by atoms with Gasteiger partial charge in [0.25, 0.3) is 5.91 Å². The molecule has 0 spiro atoms. The lowest BCUT2D eigenvalue weighted by Gasteiger charge is -2.08. The van der Waals surface area contributed by atoms with Crippen LogP contribution in [0, 0.1) is 0 Å². The SMILES string of the molecule is CC(=O)Nc1cccc(NC(=O)COC(=O)CSc2ccc3ccccc3c2)c1. The van der Waals surface area contributed by atoms with Crippen LogP contribution in [0.5, 0.6) is 0 Å². The van der Waals surface area contributed by atoms with Gasteiger partial charge in [-0.25, -0.2) is 0 Å². The van der Waals surface area contributed by atoms with Crippen LogP contribution in [0.1, 0.15) is 6.92 Å². The van der Waals surface area contributed by atoms with Crippen molar-refractivity contribution in [3.05, 3.63) is 66.7 Å². The molecule has 0 heterocycles. The van der Waals surface area contributed by atoms with E-state index in [-0.39, 0.29) is 18.3 Å². The van der Waals surface area contributed by atoms with Crippen LogP contribution in [0.25, 0.3) is 10.8 Å². The molecule has 3 aromatic rings. The fraction of sp³-hybridized carbons (Fsp3) is 0.136. The normalized spacial score (nSPS) is 10.4. The first kappa shape index (κ1) is 20.4. The van der Waals surface area contributed by atoms with Crippen LogP contribution in [0.2, 0.25) is 0 Å². The number of amides is 2. The maximum absolute atomic E-state index is 12.0. The summed E-state index contributed by atoms with van der Waals surface area (Å²) in [5, 5.41) is 7.51. The number of anilines is 2. The molecule has 0 aromatic heterocycles. The largest absolute Gasteiger partial charge is 0.455 e. The van der Waals surface area contributed by atoms with Gasteiger partial charge in [0.05, 0.1) is 5.75 Å². The van der Waals surface area contributed by atoms with Crippen LogP contribution in [-0.4, -0.2) is 30.1 Å². The Morgan fingerprint density at radius 3 is 2.34 bits per heavy atom. The zero-order valence-electron chi connectivity index (χ0n) is 15.8. The molecule has 0 aliphatic carbocycles. The number of carbonyl (C=O) groups is 3. The summed E-state index contributed by atoms with van der Waals surface area (Å²) in [6.45, 7) is 1.03. The fourth-order valence-corrected chi connectivity index (χ4v) is 3.40. The minimum Gasteiger partial charge on any atom is -0.455 e. The highest BCUT2D eigenvalue weighted by Crippen LogP contribution is 2.23. The third-order valence-electron chi connectivity index (χ3n) is 3.91. The molecule has 2 amide bonds. The summed E-state index contributed by atoms with van der Waals surface area (Å²) in [6, 6.07) is 20.7. The summed E-state index contributed by atoms with van der Waals surface area (Å²) in [6.07, 6.45) is 0. The maximum Gasteiger partial charge on any atom is 0.316 e. The molecule has 2 N–H and O–H groups in total. The van der Waals surface area contributed by atoms with Crippen molar-refractivity contribution in [2.24, 2.45) is 0 Å². The molecular formula is C22H20N2O4S. The highest BCUT2D eigenvalue weighted by atomic mass is 32.2. The van der Waals surface area contributed by atoms with Gasteiger partial charge < -0.3 is 15.4 Å². The molecule has 0 radical (unpaired) electrons. The van der Waals surface area contributed by atoms with Crippen molar-refractivity contribution in [3.8, 4) is 0 Å². The van der Waals surface area contributed by atoms with Crippen LogP contribution < -0.4 is 10.6 Å². The summed E-state index contributed by atoms with van der Waals surface area (Å²) in [5.74, 6) is -1.01. The molecule has 0 unspecified atom stereocenters. The lowest BCUT2D eigenvalue weighted by molar-refractivity contribution is -0.144. The van der Waals surface area contributed by atoms with Gasteiger partial charge in [-0.3, -0.25) is 14.4 Å². The van der Waals surface area contributed by atoms with Crippen LogP contribution in [-0.2, 0) is 19.1 Å². The summed E-state index contributed by atoms with van der Waals surface area (Å²) in [4.78, 5) is 36.0. The van der Waals surface area contributed by atoms with E-state index >= 15 is 0 Å². The summed E-state index contributed by atoms with van der Waals surface area (Å²) in [5.41, 5.74) is 1.07. The van der Waals surface area contributed by atoms with Crippen molar-refractivity contribution < 1.29 is 19.1 Å². The van der Waals surface area contributed by atoms with Crippen molar-refractivity contribution in [3.63, 3.8) is 0 Å². The Labute approximate surface area is 172 Å². The second kappa shape index (κ2) is 9.75. The van der Waals surface area contributed by atoms with E-state index < -0.39 is 11.9 Å². The first-order valence-corrected chi connectivity index (χ1v) is 9.93. The van der Waals surface area contributed by atoms with Gasteiger partial charge in [-0.15, -0.1) is 11.8 Å². The van der Waals surface area contributed by atoms with Crippen molar-refractivity contribution in [1.29, 1.82) is 0 Å². The quantitative estimate of drug-likeness (QED) is 0.455. The molecular weight excluding hydrogens is 388 g/mol. The summed E-state index contributed by atoms with van der Waals surface area (Å²) in [7, 11) is 0. The Kier molecular flexibility index (Phi) is 6.86. The first-order chi connectivity index (χ1) is 14.0. The predicted molar refractivity (Wildman–Crippen MR) is 115 cm³/mol. The van der Waals surface area contributed by atoms with Crippen LogP contribution in [0.15, 0.2) is 71.6 Å². The van der Waals surface area contributed by atoms with Gasteiger partial charge in [0.2, 0.25) is 5.91 Å². The Balaban J connectivity index is 1.45. The lowest BCUT2D eigenvalue weighted by atomic mass is 10.1. The number of benzene rings is 3. The van der Waals surface area contributed by atoms with Crippen LogP contribution >= 0.6 is 11.8 Å². The van der Waals surface area contributed by atoms with Crippen molar-refractivity contribution in [2.75, 3.05) is 23.0 Å². The molecule has 6 nitrogen and oxygen atoms in total. The molecule has 3 aromatic carbocycles. The topological polar surface area (TPSA) is 84.5 Å². The molecule has 3 rings (SSSR count).